The minimum Gasteiger partial charge on any atom is -0.382 e. The van der Waals surface area contributed by atoms with E-state index in [9.17, 15) is 4.79 Å². The molecule has 0 fully saturated rings. The molecule has 158 valence electrons. The third kappa shape index (κ3) is 3.97. The van der Waals surface area contributed by atoms with Gasteiger partial charge in [-0.25, -0.2) is 4.79 Å². The molecule has 0 saturated carbocycles. The monoisotopic (exact) mass is 415 g/mol. The number of nitrogens with zero attached hydrogens (tertiary/aromatic N) is 2. The second kappa shape index (κ2) is 8.92. The summed E-state index contributed by atoms with van der Waals surface area (Å²) in [6, 6.07) is 4.41. The van der Waals surface area contributed by atoms with Crippen molar-refractivity contribution in [1.29, 1.82) is 0 Å². The number of fused-ring (bicyclic) bond motifs is 5. The molecule has 2 aliphatic rings. The molecular formula is C23H33N3O2S. The van der Waals surface area contributed by atoms with Gasteiger partial charge >= 0.3 is 6.03 Å². The van der Waals surface area contributed by atoms with Crippen LogP contribution in [0.3, 0.4) is 0 Å². The van der Waals surface area contributed by atoms with Crippen molar-refractivity contribution in [3.05, 3.63) is 40.0 Å². The summed E-state index contributed by atoms with van der Waals surface area (Å²) in [5.41, 5.74) is 4.10. The Bertz CT molecular complexity index is 854. The van der Waals surface area contributed by atoms with Gasteiger partial charge in [0.2, 0.25) is 0 Å². The summed E-state index contributed by atoms with van der Waals surface area (Å²) in [7, 11) is 0. The number of amides is 2. The number of rotatable bonds is 6. The number of thiophene rings is 1. The van der Waals surface area contributed by atoms with Crippen LogP contribution in [-0.2, 0) is 24.1 Å². The van der Waals surface area contributed by atoms with Crippen molar-refractivity contribution in [2.24, 2.45) is 5.92 Å². The van der Waals surface area contributed by atoms with E-state index in [1.165, 1.54) is 46.0 Å². The van der Waals surface area contributed by atoms with Gasteiger partial charge in [-0.15, -0.1) is 11.3 Å². The Morgan fingerprint density at radius 1 is 1.31 bits per heavy atom. The fourth-order valence-corrected chi connectivity index (χ4v) is 6.14. The zero-order valence-electron chi connectivity index (χ0n) is 17.9. The van der Waals surface area contributed by atoms with Crippen molar-refractivity contribution < 1.29 is 9.53 Å². The van der Waals surface area contributed by atoms with E-state index in [0.29, 0.717) is 25.6 Å². The molecule has 1 aliphatic carbocycles. The van der Waals surface area contributed by atoms with Gasteiger partial charge in [-0.05, 0) is 62.6 Å². The van der Waals surface area contributed by atoms with E-state index in [1.807, 2.05) is 18.3 Å². The van der Waals surface area contributed by atoms with Crippen molar-refractivity contribution in [1.82, 2.24) is 14.8 Å². The number of ether oxygens (including phenoxy) is 1. The van der Waals surface area contributed by atoms with Crippen molar-refractivity contribution in [3.63, 3.8) is 0 Å². The summed E-state index contributed by atoms with van der Waals surface area (Å²) >= 11 is 1.94. The summed E-state index contributed by atoms with van der Waals surface area (Å²) in [5, 5.41) is 4.48. The molecule has 0 bridgehead atoms. The van der Waals surface area contributed by atoms with Crippen LogP contribution in [0.25, 0.3) is 5.00 Å². The lowest BCUT2D eigenvalue weighted by atomic mass is 9.94. The predicted octanol–water partition coefficient (Wildman–Crippen LogP) is 5.07. The van der Waals surface area contributed by atoms with Gasteiger partial charge in [0.05, 0.1) is 12.6 Å². The Labute approximate surface area is 178 Å². The summed E-state index contributed by atoms with van der Waals surface area (Å²) in [4.78, 5) is 16.9. The largest absolute Gasteiger partial charge is 0.382 e. The highest BCUT2D eigenvalue weighted by Crippen LogP contribution is 2.43. The molecule has 4 rings (SSSR count). The Morgan fingerprint density at radius 2 is 2.14 bits per heavy atom. The zero-order valence-corrected chi connectivity index (χ0v) is 18.7. The lowest BCUT2D eigenvalue weighted by Crippen LogP contribution is -2.43. The summed E-state index contributed by atoms with van der Waals surface area (Å²) < 4.78 is 7.76. The second-order valence-electron chi connectivity index (χ2n) is 8.40. The number of aryl methyl sites for hydroxylation is 1. The van der Waals surface area contributed by atoms with Crippen molar-refractivity contribution in [2.45, 2.75) is 65.5 Å². The average Bonchev–Trinajstić information content (AvgIpc) is 3.29. The molecule has 3 heterocycles. The lowest BCUT2D eigenvalue weighted by molar-refractivity contribution is 0.137. The molecule has 5 nitrogen and oxygen atoms in total. The van der Waals surface area contributed by atoms with Crippen LogP contribution < -0.4 is 5.32 Å². The average molecular weight is 416 g/mol. The first-order valence-corrected chi connectivity index (χ1v) is 11.9. The number of hydrogen-bond donors (Lipinski definition) is 1. The molecule has 1 N–H and O–H groups in total. The highest BCUT2D eigenvalue weighted by molar-refractivity contribution is 7.15. The standard InChI is InChI=1S/C23H33N3O2S/c1-4-28-14-8-12-24-23(27)26-15-18-17-9-5-6-11-20(17)29-22(18)25-13-7-10-19(25)21(26)16(2)3/h7,10,13,16,21H,4-6,8-9,11-12,14-15H2,1-3H3,(H,24,27)/t21-/m1/s1. The summed E-state index contributed by atoms with van der Waals surface area (Å²) in [6.07, 6.45) is 7.88. The van der Waals surface area contributed by atoms with E-state index in [-0.39, 0.29) is 12.1 Å². The van der Waals surface area contributed by atoms with Gasteiger partial charge in [0.1, 0.15) is 5.00 Å². The van der Waals surface area contributed by atoms with Gasteiger partial charge in [-0.1, -0.05) is 13.8 Å². The van der Waals surface area contributed by atoms with E-state index >= 15 is 0 Å². The predicted molar refractivity (Wildman–Crippen MR) is 118 cm³/mol. The number of nitrogens with one attached hydrogen (secondary N) is 1. The molecular weight excluding hydrogens is 382 g/mol. The zero-order chi connectivity index (χ0) is 20.4. The normalized spacial score (nSPS) is 18.2. The molecule has 1 atom stereocenters. The molecule has 0 aromatic carbocycles. The van der Waals surface area contributed by atoms with E-state index in [1.54, 1.807) is 0 Å². The molecule has 2 aromatic rings. The molecule has 0 radical (unpaired) electrons. The van der Waals surface area contributed by atoms with E-state index in [0.717, 1.165) is 19.4 Å². The Balaban J connectivity index is 1.66. The molecule has 29 heavy (non-hydrogen) atoms. The van der Waals surface area contributed by atoms with Gasteiger partial charge in [-0.3, -0.25) is 0 Å². The maximum absolute atomic E-state index is 13.3. The van der Waals surface area contributed by atoms with Crippen LogP contribution in [0.2, 0.25) is 0 Å². The Morgan fingerprint density at radius 3 is 2.93 bits per heavy atom. The van der Waals surface area contributed by atoms with Crippen LogP contribution in [0.5, 0.6) is 0 Å². The van der Waals surface area contributed by atoms with Crippen molar-refractivity contribution in [2.75, 3.05) is 19.8 Å². The van der Waals surface area contributed by atoms with Gasteiger partial charge in [0.15, 0.2) is 0 Å². The maximum atomic E-state index is 13.3. The van der Waals surface area contributed by atoms with E-state index in [4.69, 9.17) is 4.74 Å². The fraction of sp³-hybridized carbons (Fsp3) is 0.609. The number of carbonyl (C=O) groups is 1. The smallest absolute Gasteiger partial charge is 0.318 e. The SMILES string of the molecule is CCOCCCNC(=O)N1Cc2c(sc3c2CCCC3)-n2cccc2[C@H]1C(C)C. The number of hydrogen-bond acceptors (Lipinski definition) is 3. The maximum Gasteiger partial charge on any atom is 0.318 e. The molecule has 0 unspecified atom stereocenters. The van der Waals surface area contributed by atoms with Gasteiger partial charge in [-0.2, -0.15) is 0 Å². The molecule has 0 saturated heterocycles. The fourth-order valence-electron chi connectivity index (χ4n) is 4.74. The lowest BCUT2D eigenvalue weighted by Gasteiger charge is -2.33. The van der Waals surface area contributed by atoms with Crippen LogP contribution in [-0.4, -0.2) is 35.3 Å². The van der Waals surface area contributed by atoms with Gasteiger partial charge in [0, 0.05) is 42.1 Å². The molecule has 2 aromatic heterocycles. The summed E-state index contributed by atoms with van der Waals surface area (Å²) in [6.45, 7) is 9.18. The van der Waals surface area contributed by atoms with Crippen LogP contribution in [0.1, 0.15) is 67.8 Å². The minimum absolute atomic E-state index is 0.0385. The molecule has 1 aliphatic heterocycles. The Hall–Kier alpha value is -1.79. The first kappa shape index (κ1) is 20.5. The quantitative estimate of drug-likeness (QED) is 0.670. The third-order valence-corrected chi connectivity index (χ3v) is 7.40. The van der Waals surface area contributed by atoms with Crippen LogP contribution in [0, 0.1) is 5.92 Å². The second-order valence-corrected chi connectivity index (χ2v) is 9.48. The number of aromatic nitrogens is 1. The topological polar surface area (TPSA) is 46.5 Å². The number of urea groups is 1. The third-order valence-electron chi connectivity index (χ3n) is 6.06. The Kier molecular flexibility index (Phi) is 6.30. The van der Waals surface area contributed by atoms with Crippen molar-refractivity contribution in [3.8, 4) is 5.00 Å². The van der Waals surface area contributed by atoms with Crippen molar-refractivity contribution >= 4 is 17.4 Å². The first-order valence-electron chi connectivity index (χ1n) is 11.0. The first-order chi connectivity index (χ1) is 14.1. The molecule has 2 amide bonds. The van der Waals surface area contributed by atoms with Crippen LogP contribution >= 0.6 is 11.3 Å². The number of carbonyl (C=O) groups excluding carboxylic acids is 1. The van der Waals surface area contributed by atoms with Crippen LogP contribution in [0.4, 0.5) is 4.79 Å². The van der Waals surface area contributed by atoms with E-state index < -0.39 is 0 Å². The minimum atomic E-state index is 0.0385. The van der Waals surface area contributed by atoms with E-state index in [2.05, 4.69) is 47.0 Å². The molecule has 0 spiro atoms. The van der Waals surface area contributed by atoms with Gasteiger partial charge < -0.3 is 19.5 Å². The molecule has 6 heteroatoms. The summed E-state index contributed by atoms with van der Waals surface area (Å²) in [5.74, 6) is 0.336. The van der Waals surface area contributed by atoms with Crippen LogP contribution in [0.15, 0.2) is 18.3 Å². The highest BCUT2D eigenvalue weighted by Gasteiger charge is 2.36. The van der Waals surface area contributed by atoms with Gasteiger partial charge in [0.25, 0.3) is 0 Å². The highest BCUT2D eigenvalue weighted by atomic mass is 32.1.